The van der Waals surface area contributed by atoms with Crippen molar-refractivity contribution < 1.29 is 19.4 Å². The highest BCUT2D eigenvalue weighted by Crippen LogP contribution is 2.59. The number of methoxy groups -OCH3 is 1. The summed E-state index contributed by atoms with van der Waals surface area (Å²) in [6, 6.07) is 7.71. The molecule has 2 aliphatic rings. The molecule has 1 N–H and O–H groups in total. The largest absolute Gasteiger partial charge is 0.481 e. The minimum atomic E-state index is -0.947. The van der Waals surface area contributed by atoms with Crippen molar-refractivity contribution in [3.8, 4) is 0 Å². The zero-order chi connectivity index (χ0) is 15.3. The van der Waals surface area contributed by atoms with Crippen molar-refractivity contribution >= 4 is 11.9 Å². The third-order valence-electron chi connectivity index (χ3n) is 5.59. The fraction of sp³-hybridized carbons (Fsp3) is 0.529. The van der Waals surface area contributed by atoms with E-state index in [0.717, 1.165) is 17.5 Å². The van der Waals surface area contributed by atoms with Gasteiger partial charge in [0.1, 0.15) is 0 Å². The van der Waals surface area contributed by atoms with Crippen LogP contribution in [-0.2, 0) is 26.2 Å². The minimum Gasteiger partial charge on any atom is -0.481 e. The SMILES string of the molecule is COC(=O)[C@]1(C)CCC[C@]2(C(=O)O)c3ccccc3C[C@H]12. The van der Waals surface area contributed by atoms with E-state index in [-0.39, 0.29) is 11.9 Å². The highest BCUT2D eigenvalue weighted by Gasteiger charge is 2.63. The average molecular weight is 288 g/mol. The molecule has 1 aromatic rings. The predicted octanol–water partition coefficient (Wildman–Crippen LogP) is 2.54. The second-order valence-electron chi connectivity index (χ2n) is 6.45. The number of carbonyl (C=O) groups is 2. The molecule has 2 aliphatic carbocycles. The second-order valence-corrected chi connectivity index (χ2v) is 6.45. The lowest BCUT2D eigenvalue weighted by Gasteiger charge is -2.46. The number of benzene rings is 1. The number of fused-ring (bicyclic) bond motifs is 3. The van der Waals surface area contributed by atoms with Crippen LogP contribution in [0.2, 0.25) is 0 Å². The van der Waals surface area contributed by atoms with E-state index < -0.39 is 16.8 Å². The van der Waals surface area contributed by atoms with E-state index in [1.807, 2.05) is 31.2 Å². The summed E-state index contributed by atoms with van der Waals surface area (Å²) >= 11 is 0. The smallest absolute Gasteiger partial charge is 0.314 e. The van der Waals surface area contributed by atoms with Gasteiger partial charge in [-0.3, -0.25) is 9.59 Å². The zero-order valence-corrected chi connectivity index (χ0v) is 12.4. The number of carboxylic acids is 1. The van der Waals surface area contributed by atoms with Crippen LogP contribution < -0.4 is 0 Å². The first kappa shape index (κ1) is 14.1. The maximum Gasteiger partial charge on any atom is 0.314 e. The Morgan fingerprint density at radius 1 is 1.29 bits per heavy atom. The predicted molar refractivity (Wildman–Crippen MR) is 76.9 cm³/mol. The molecule has 112 valence electrons. The normalized spacial score (nSPS) is 33.9. The van der Waals surface area contributed by atoms with E-state index in [2.05, 4.69) is 0 Å². The molecule has 0 amide bonds. The van der Waals surface area contributed by atoms with Gasteiger partial charge < -0.3 is 9.84 Å². The molecule has 0 aliphatic heterocycles. The number of ether oxygens (including phenoxy) is 1. The second kappa shape index (κ2) is 4.58. The Hall–Kier alpha value is -1.84. The molecule has 4 heteroatoms. The van der Waals surface area contributed by atoms with Gasteiger partial charge in [-0.25, -0.2) is 0 Å². The van der Waals surface area contributed by atoms with Crippen LogP contribution >= 0.6 is 0 Å². The Kier molecular flexibility index (Phi) is 3.08. The minimum absolute atomic E-state index is 0.235. The maximum atomic E-state index is 12.3. The number of hydrogen-bond acceptors (Lipinski definition) is 3. The highest BCUT2D eigenvalue weighted by molar-refractivity contribution is 5.87. The first-order valence-electron chi connectivity index (χ1n) is 7.37. The van der Waals surface area contributed by atoms with Crippen LogP contribution in [0.15, 0.2) is 24.3 Å². The summed E-state index contributed by atoms with van der Waals surface area (Å²) in [7, 11) is 1.38. The maximum absolute atomic E-state index is 12.3. The number of aliphatic carboxylic acids is 1. The third kappa shape index (κ3) is 1.68. The summed E-state index contributed by atoms with van der Waals surface area (Å²) in [4.78, 5) is 24.5. The Morgan fingerprint density at radius 3 is 2.67 bits per heavy atom. The topological polar surface area (TPSA) is 63.6 Å². The molecule has 0 saturated heterocycles. The van der Waals surface area contributed by atoms with Crippen molar-refractivity contribution in [3.63, 3.8) is 0 Å². The molecule has 0 aromatic heterocycles. The van der Waals surface area contributed by atoms with Gasteiger partial charge in [0.25, 0.3) is 0 Å². The van der Waals surface area contributed by atoms with E-state index in [1.165, 1.54) is 7.11 Å². The van der Waals surface area contributed by atoms with E-state index >= 15 is 0 Å². The van der Waals surface area contributed by atoms with Gasteiger partial charge in [-0.15, -0.1) is 0 Å². The van der Waals surface area contributed by atoms with Gasteiger partial charge in [0.15, 0.2) is 0 Å². The fourth-order valence-corrected chi connectivity index (χ4v) is 4.55. The van der Waals surface area contributed by atoms with Gasteiger partial charge in [-0.05, 0) is 43.2 Å². The first-order valence-corrected chi connectivity index (χ1v) is 7.37. The molecule has 4 nitrogen and oxygen atoms in total. The van der Waals surface area contributed by atoms with Gasteiger partial charge in [-0.1, -0.05) is 30.7 Å². The quantitative estimate of drug-likeness (QED) is 0.849. The lowest BCUT2D eigenvalue weighted by atomic mass is 9.55. The molecular weight excluding hydrogens is 268 g/mol. The Morgan fingerprint density at radius 2 is 2.00 bits per heavy atom. The van der Waals surface area contributed by atoms with Crippen LogP contribution in [0.4, 0.5) is 0 Å². The lowest BCUT2D eigenvalue weighted by molar-refractivity contribution is -0.165. The van der Waals surface area contributed by atoms with Crippen molar-refractivity contribution in [1.82, 2.24) is 0 Å². The molecule has 3 atom stereocenters. The summed E-state index contributed by atoms with van der Waals surface area (Å²) < 4.78 is 4.99. The lowest BCUT2D eigenvalue weighted by Crippen LogP contribution is -2.53. The number of hydrogen-bond donors (Lipinski definition) is 1. The summed E-state index contributed by atoms with van der Waals surface area (Å²) in [5.41, 5.74) is 0.265. The van der Waals surface area contributed by atoms with Crippen LogP contribution in [-0.4, -0.2) is 24.2 Å². The molecule has 1 aromatic carbocycles. The van der Waals surface area contributed by atoms with Crippen LogP contribution in [0.1, 0.15) is 37.3 Å². The van der Waals surface area contributed by atoms with Gasteiger partial charge >= 0.3 is 11.9 Å². The molecule has 0 unspecified atom stereocenters. The van der Waals surface area contributed by atoms with E-state index in [4.69, 9.17) is 4.74 Å². The standard InChI is InChI=1S/C17H20O4/c1-16(15(20)21-2)8-5-9-17(14(18)19)12-7-4-3-6-11(12)10-13(16)17/h3-4,6-7,13H,5,8-10H2,1-2H3,(H,18,19)/t13-,16-,17+/m1/s1. The molecule has 0 radical (unpaired) electrons. The number of esters is 1. The fourth-order valence-electron chi connectivity index (χ4n) is 4.55. The monoisotopic (exact) mass is 288 g/mol. The average Bonchev–Trinajstić information content (AvgIpc) is 2.84. The summed E-state index contributed by atoms with van der Waals surface area (Å²) in [6.07, 6.45) is 2.64. The van der Waals surface area contributed by atoms with Crippen molar-refractivity contribution in [3.05, 3.63) is 35.4 Å². The first-order chi connectivity index (χ1) is 9.96. The summed E-state index contributed by atoms with van der Waals surface area (Å²) in [5.74, 6) is -1.33. The number of carbonyl (C=O) groups excluding carboxylic acids is 1. The van der Waals surface area contributed by atoms with Gasteiger partial charge in [0.05, 0.1) is 17.9 Å². The van der Waals surface area contributed by atoms with Crippen molar-refractivity contribution in [2.75, 3.05) is 7.11 Å². The van der Waals surface area contributed by atoms with Crippen LogP contribution in [0.25, 0.3) is 0 Å². The molecule has 0 bridgehead atoms. The van der Waals surface area contributed by atoms with Gasteiger partial charge in [0.2, 0.25) is 0 Å². The number of rotatable bonds is 2. The van der Waals surface area contributed by atoms with E-state index in [0.29, 0.717) is 19.3 Å². The van der Waals surface area contributed by atoms with E-state index in [1.54, 1.807) is 0 Å². The van der Waals surface area contributed by atoms with E-state index in [9.17, 15) is 14.7 Å². The molecule has 21 heavy (non-hydrogen) atoms. The highest BCUT2D eigenvalue weighted by atomic mass is 16.5. The molecule has 3 rings (SSSR count). The van der Waals surface area contributed by atoms with Crippen LogP contribution in [0, 0.1) is 11.3 Å². The van der Waals surface area contributed by atoms with Crippen LogP contribution in [0.5, 0.6) is 0 Å². The molecular formula is C17H20O4. The van der Waals surface area contributed by atoms with Crippen LogP contribution in [0.3, 0.4) is 0 Å². The Labute approximate surface area is 124 Å². The molecule has 1 fully saturated rings. The van der Waals surface area contributed by atoms with Gasteiger partial charge in [0, 0.05) is 0 Å². The Balaban J connectivity index is 2.18. The van der Waals surface area contributed by atoms with Crippen molar-refractivity contribution in [1.29, 1.82) is 0 Å². The molecule has 0 spiro atoms. The Bertz CT molecular complexity index is 609. The third-order valence-corrected chi connectivity index (χ3v) is 5.59. The molecule has 1 saturated carbocycles. The molecule has 0 heterocycles. The summed E-state index contributed by atoms with van der Waals surface area (Å²) in [5, 5.41) is 9.98. The van der Waals surface area contributed by atoms with Crippen molar-refractivity contribution in [2.24, 2.45) is 11.3 Å². The van der Waals surface area contributed by atoms with Crippen molar-refractivity contribution in [2.45, 2.75) is 38.0 Å². The summed E-state index contributed by atoms with van der Waals surface area (Å²) in [6.45, 7) is 1.87. The number of carboxylic acid groups (broad SMARTS) is 1. The zero-order valence-electron chi connectivity index (χ0n) is 12.4. The van der Waals surface area contributed by atoms with Gasteiger partial charge in [-0.2, -0.15) is 0 Å².